The average Bonchev–Trinajstić information content (AvgIpc) is 3.12. The van der Waals surface area contributed by atoms with Crippen molar-refractivity contribution in [2.24, 2.45) is 0 Å². The van der Waals surface area contributed by atoms with Gasteiger partial charge in [0.1, 0.15) is 5.75 Å². The van der Waals surface area contributed by atoms with Gasteiger partial charge in [0.2, 0.25) is 0 Å². The Morgan fingerprint density at radius 3 is 2.48 bits per heavy atom. The fourth-order valence-electron chi connectivity index (χ4n) is 2.86. The summed E-state index contributed by atoms with van der Waals surface area (Å²) in [5.74, 6) is 1.33. The molecule has 0 spiro atoms. The summed E-state index contributed by atoms with van der Waals surface area (Å²) < 4.78 is 7.24. The van der Waals surface area contributed by atoms with E-state index in [1.807, 2.05) is 18.2 Å². The predicted molar refractivity (Wildman–Crippen MR) is 115 cm³/mol. The quantitative estimate of drug-likeness (QED) is 0.541. The summed E-state index contributed by atoms with van der Waals surface area (Å²) in [7, 11) is 1.60. The number of amides is 1. The molecule has 0 aliphatic carbocycles. The summed E-state index contributed by atoms with van der Waals surface area (Å²) in [6, 6.07) is 17.4. The number of aryl methyl sites for hydroxylation is 1. The van der Waals surface area contributed by atoms with E-state index < -0.39 is 0 Å². The molecule has 0 aliphatic rings. The fourth-order valence-corrected chi connectivity index (χ4v) is 3.70. The van der Waals surface area contributed by atoms with Gasteiger partial charge in [-0.05, 0) is 36.2 Å². The predicted octanol–water partition coefficient (Wildman–Crippen LogP) is 3.96. The van der Waals surface area contributed by atoms with Gasteiger partial charge in [0.25, 0.3) is 5.91 Å². The number of carbonyl (C=O) groups excluding carboxylic acids is 1. The van der Waals surface area contributed by atoms with E-state index in [1.165, 1.54) is 5.56 Å². The highest BCUT2D eigenvalue weighted by molar-refractivity contribution is 7.99. The Balaban J connectivity index is 1.70. The lowest BCUT2D eigenvalue weighted by Crippen LogP contribution is -2.25. The van der Waals surface area contributed by atoms with Crippen molar-refractivity contribution in [1.82, 2.24) is 20.1 Å². The molecule has 29 heavy (non-hydrogen) atoms. The first-order valence-electron chi connectivity index (χ1n) is 9.61. The van der Waals surface area contributed by atoms with E-state index in [0.717, 1.165) is 29.7 Å². The molecule has 6 nitrogen and oxygen atoms in total. The number of benzene rings is 2. The van der Waals surface area contributed by atoms with Crippen molar-refractivity contribution in [2.45, 2.75) is 43.8 Å². The fraction of sp³-hybridized carbons (Fsp3) is 0.318. The van der Waals surface area contributed by atoms with Crippen LogP contribution in [0.2, 0.25) is 0 Å². The monoisotopic (exact) mass is 410 g/mol. The van der Waals surface area contributed by atoms with E-state index in [-0.39, 0.29) is 5.91 Å². The first-order chi connectivity index (χ1) is 14.1. The molecule has 0 saturated heterocycles. The number of hydrogen-bond donors (Lipinski definition) is 1. The number of methoxy groups -OCH3 is 1. The third kappa shape index (κ3) is 5.84. The molecule has 1 N–H and O–H groups in total. The number of rotatable bonds is 9. The van der Waals surface area contributed by atoms with Gasteiger partial charge in [0, 0.05) is 17.4 Å². The van der Waals surface area contributed by atoms with Crippen molar-refractivity contribution >= 4 is 17.7 Å². The SMILES string of the molecule is COc1ccc(C(=O)NCc2nnc(SC(C)C)n2CCc2ccccc2)cc1. The Morgan fingerprint density at radius 2 is 1.83 bits per heavy atom. The number of ether oxygens (including phenoxy) is 1. The molecular formula is C22H26N4O2S. The zero-order valence-electron chi connectivity index (χ0n) is 17.0. The molecule has 1 amide bonds. The Hall–Kier alpha value is -2.80. The van der Waals surface area contributed by atoms with Crippen LogP contribution in [-0.2, 0) is 19.5 Å². The van der Waals surface area contributed by atoms with Gasteiger partial charge in [0.05, 0.1) is 13.7 Å². The Labute approximate surface area is 175 Å². The number of nitrogens with one attached hydrogen (secondary N) is 1. The van der Waals surface area contributed by atoms with E-state index in [4.69, 9.17) is 4.74 Å². The summed E-state index contributed by atoms with van der Waals surface area (Å²) in [6.07, 6.45) is 0.879. The minimum atomic E-state index is -0.150. The van der Waals surface area contributed by atoms with Gasteiger partial charge < -0.3 is 14.6 Å². The Kier molecular flexibility index (Phi) is 7.30. The van der Waals surface area contributed by atoms with Gasteiger partial charge in [-0.15, -0.1) is 10.2 Å². The highest BCUT2D eigenvalue weighted by Gasteiger charge is 2.15. The van der Waals surface area contributed by atoms with Crippen molar-refractivity contribution in [3.8, 4) is 5.75 Å². The number of hydrogen-bond acceptors (Lipinski definition) is 5. The maximum absolute atomic E-state index is 12.5. The summed E-state index contributed by atoms with van der Waals surface area (Å²) in [4.78, 5) is 12.5. The molecule has 3 rings (SSSR count). The molecule has 0 unspecified atom stereocenters. The van der Waals surface area contributed by atoms with Crippen LogP contribution in [0, 0.1) is 0 Å². The van der Waals surface area contributed by atoms with E-state index >= 15 is 0 Å². The van der Waals surface area contributed by atoms with Crippen molar-refractivity contribution in [3.63, 3.8) is 0 Å². The van der Waals surface area contributed by atoms with Gasteiger partial charge in [0.15, 0.2) is 11.0 Å². The average molecular weight is 411 g/mol. The van der Waals surface area contributed by atoms with Crippen LogP contribution in [0.5, 0.6) is 5.75 Å². The minimum absolute atomic E-state index is 0.150. The van der Waals surface area contributed by atoms with E-state index in [0.29, 0.717) is 17.4 Å². The molecule has 1 heterocycles. The summed E-state index contributed by atoms with van der Waals surface area (Å²) in [5.41, 5.74) is 1.84. The van der Waals surface area contributed by atoms with Crippen molar-refractivity contribution < 1.29 is 9.53 Å². The molecular weight excluding hydrogens is 384 g/mol. The lowest BCUT2D eigenvalue weighted by atomic mass is 10.1. The molecule has 0 fully saturated rings. The maximum Gasteiger partial charge on any atom is 0.251 e. The van der Waals surface area contributed by atoms with Gasteiger partial charge in [-0.1, -0.05) is 55.9 Å². The number of thioether (sulfide) groups is 1. The van der Waals surface area contributed by atoms with Gasteiger partial charge >= 0.3 is 0 Å². The normalized spacial score (nSPS) is 10.9. The molecule has 152 valence electrons. The third-order valence-electron chi connectivity index (χ3n) is 4.36. The molecule has 0 atom stereocenters. The van der Waals surface area contributed by atoms with Crippen LogP contribution in [-0.4, -0.2) is 33.0 Å². The van der Waals surface area contributed by atoms with Crippen molar-refractivity contribution in [2.75, 3.05) is 7.11 Å². The van der Waals surface area contributed by atoms with Crippen molar-refractivity contribution in [1.29, 1.82) is 0 Å². The van der Waals surface area contributed by atoms with Crippen LogP contribution < -0.4 is 10.1 Å². The second-order valence-electron chi connectivity index (χ2n) is 6.86. The second-order valence-corrected chi connectivity index (χ2v) is 8.41. The molecule has 1 aromatic heterocycles. The minimum Gasteiger partial charge on any atom is -0.497 e. The van der Waals surface area contributed by atoms with Crippen LogP contribution in [0.4, 0.5) is 0 Å². The number of carbonyl (C=O) groups is 1. The van der Waals surface area contributed by atoms with Crippen LogP contribution in [0.25, 0.3) is 0 Å². The zero-order chi connectivity index (χ0) is 20.6. The Morgan fingerprint density at radius 1 is 1.10 bits per heavy atom. The maximum atomic E-state index is 12.5. The topological polar surface area (TPSA) is 69.0 Å². The Bertz CT molecular complexity index is 924. The summed E-state index contributed by atoms with van der Waals surface area (Å²) >= 11 is 1.68. The first-order valence-corrected chi connectivity index (χ1v) is 10.5. The highest BCUT2D eigenvalue weighted by atomic mass is 32.2. The molecule has 2 aromatic carbocycles. The van der Waals surface area contributed by atoms with Crippen molar-refractivity contribution in [3.05, 3.63) is 71.5 Å². The highest BCUT2D eigenvalue weighted by Crippen LogP contribution is 2.22. The molecule has 3 aromatic rings. The van der Waals surface area contributed by atoms with Crippen LogP contribution >= 0.6 is 11.8 Å². The van der Waals surface area contributed by atoms with E-state index in [2.05, 4.69) is 46.1 Å². The summed E-state index contributed by atoms with van der Waals surface area (Å²) in [6.45, 7) is 5.35. The molecule has 0 aliphatic heterocycles. The van der Waals surface area contributed by atoms with Crippen LogP contribution in [0.15, 0.2) is 59.8 Å². The molecule has 0 saturated carbocycles. The number of nitrogens with zero attached hydrogens (tertiary/aromatic N) is 3. The third-order valence-corrected chi connectivity index (χ3v) is 5.35. The number of aromatic nitrogens is 3. The first kappa shape index (κ1) is 20.9. The standard InChI is InChI=1S/C22H26N4O2S/c1-16(2)29-22-25-24-20(26(22)14-13-17-7-5-4-6-8-17)15-23-21(27)18-9-11-19(28-3)12-10-18/h4-12,16H,13-15H2,1-3H3,(H,23,27). The smallest absolute Gasteiger partial charge is 0.251 e. The largest absolute Gasteiger partial charge is 0.497 e. The van der Waals surface area contributed by atoms with Gasteiger partial charge in [-0.25, -0.2) is 0 Å². The zero-order valence-corrected chi connectivity index (χ0v) is 17.8. The molecule has 0 radical (unpaired) electrons. The second kappa shape index (κ2) is 10.1. The summed E-state index contributed by atoms with van der Waals surface area (Å²) in [5, 5.41) is 12.9. The van der Waals surface area contributed by atoms with E-state index in [9.17, 15) is 4.79 Å². The van der Waals surface area contributed by atoms with Gasteiger partial charge in [-0.3, -0.25) is 4.79 Å². The van der Waals surface area contributed by atoms with Crippen LogP contribution in [0.3, 0.4) is 0 Å². The molecule has 0 bridgehead atoms. The lowest BCUT2D eigenvalue weighted by Gasteiger charge is -2.12. The van der Waals surface area contributed by atoms with E-state index in [1.54, 1.807) is 43.1 Å². The molecule has 7 heteroatoms. The van der Waals surface area contributed by atoms with Gasteiger partial charge in [-0.2, -0.15) is 0 Å². The van der Waals surface area contributed by atoms with Crippen LogP contribution in [0.1, 0.15) is 35.6 Å². The lowest BCUT2D eigenvalue weighted by molar-refractivity contribution is 0.0949.